The van der Waals surface area contributed by atoms with E-state index in [0.29, 0.717) is 5.41 Å². The zero-order valence-electron chi connectivity index (χ0n) is 13.4. The maximum atomic E-state index is 2.40. The summed E-state index contributed by atoms with van der Waals surface area (Å²) in [5.74, 6) is 0. The Kier molecular flexibility index (Phi) is 4.64. The number of hydrogen-bond acceptors (Lipinski definition) is 0. The lowest BCUT2D eigenvalue weighted by Crippen LogP contribution is -2.24. The maximum absolute atomic E-state index is 2.40. The van der Waals surface area contributed by atoms with Crippen LogP contribution in [0.15, 0.2) is 18.2 Å². The van der Waals surface area contributed by atoms with E-state index in [-0.39, 0.29) is 5.41 Å². The molecule has 102 valence electrons. The molecule has 0 fully saturated rings. The molecule has 0 unspecified atom stereocenters. The van der Waals surface area contributed by atoms with Gasteiger partial charge < -0.3 is 0 Å². The first-order valence-electron chi connectivity index (χ1n) is 7.43. The van der Waals surface area contributed by atoms with Gasteiger partial charge in [-0.2, -0.15) is 0 Å². The van der Waals surface area contributed by atoms with Crippen LogP contribution in [0.2, 0.25) is 0 Å². The minimum atomic E-state index is 0.280. The summed E-state index contributed by atoms with van der Waals surface area (Å²) in [4.78, 5) is 0. The highest BCUT2D eigenvalue weighted by molar-refractivity contribution is 5.42. The first kappa shape index (κ1) is 15.3. The molecule has 0 radical (unpaired) electrons. The maximum Gasteiger partial charge on any atom is -0.00778 e. The van der Waals surface area contributed by atoms with Crippen LogP contribution in [-0.4, -0.2) is 0 Å². The van der Waals surface area contributed by atoms with Crippen LogP contribution >= 0.6 is 0 Å². The summed E-state index contributed by atoms with van der Waals surface area (Å²) in [6.07, 6.45) is 3.60. The van der Waals surface area contributed by atoms with Crippen molar-refractivity contribution in [1.29, 1.82) is 0 Å². The van der Waals surface area contributed by atoms with Gasteiger partial charge >= 0.3 is 0 Å². The topological polar surface area (TPSA) is 0 Å². The Morgan fingerprint density at radius 2 is 1.33 bits per heavy atom. The van der Waals surface area contributed by atoms with Crippen molar-refractivity contribution in [1.82, 2.24) is 0 Å². The fourth-order valence-electron chi connectivity index (χ4n) is 2.84. The Hall–Kier alpha value is -0.780. The minimum Gasteiger partial charge on any atom is -0.0646 e. The molecule has 1 aromatic carbocycles. The van der Waals surface area contributed by atoms with E-state index >= 15 is 0 Å². The lowest BCUT2D eigenvalue weighted by atomic mass is 9.71. The molecule has 0 saturated heterocycles. The highest BCUT2D eigenvalue weighted by Crippen LogP contribution is 2.38. The van der Waals surface area contributed by atoms with Gasteiger partial charge in [-0.3, -0.25) is 0 Å². The molecule has 0 nitrogen and oxygen atoms in total. The van der Waals surface area contributed by atoms with Gasteiger partial charge in [0.1, 0.15) is 0 Å². The van der Waals surface area contributed by atoms with Crippen molar-refractivity contribution in [3.05, 3.63) is 34.9 Å². The minimum absolute atomic E-state index is 0.280. The monoisotopic (exact) mass is 246 g/mol. The van der Waals surface area contributed by atoms with Gasteiger partial charge in [-0.25, -0.2) is 0 Å². The van der Waals surface area contributed by atoms with Crippen molar-refractivity contribution in [2.45, 2.75) is 78.6 Å². The van der Waals surface area contributed by atoms with Crippen molar-refractivity contribution in [2.75, 3.05) is 0 Å². The van der Waals surface area contributed by atoms with Crippen LogP contribution in [0.4, 0.5) is 0 Å². The van der Waals surface area contributed by atoms with Gasteiger partial charge in [-0.1, -0.05) is 59.7 Å². The fraction of sp³-hybridized carbons (Fsp3) is 0.667. The van der Waals surface area contributed by atoms with Crippen LogP contribution in [0.25, 0.3) is 0 Å². The molecule has 0 atom stereocenters. The van der Waals surface area contributed by atoms with Crippen molar-refractivity contribution < 1.29 is 0 Å². The Labute approximate surface area is 114 Å². The zero-order chi connectivity index (χ0) is 14.0. The third-order valence-electron chi connectivity index (χ3n) is 5.16. The van der Waals surface area contributed by atoms with E-state index < -0.39 is 0 Å². The molecule has 0 spiro atoms. The highest BCUT2D eigenvalue weighted by Gasteiger charge is 2.28. The van der Waals surface area contributed by atoms with E-state index in [1.807, 2.05) is 0 Å². The molecule has 0 aliphatic rings. The van der Waals surface area contributed by atoms with Crippen molar-refractivity contribution in [3.63, 3.8) is 0 Å². The van der Waals surface area contributed by atoms with E-state index in [9.17, 15) is 0 Å². The van der Waals surface area contributed by atoms with Gasteiger partial charge in [-0.15, -0.1) is 0 Å². The van der Waals surface area contributed by atoms with Crippen molar-refractivity contribution in [3.8, 4) is 0 Å². The summed E-state index contributed by atoms with van der Waals surface area (Å²) < 4.78 is 0. The molecular formula is C18H30. The molecule has 0 heteroatoms. The summed E-state index contributed by atoms with van der Waals surface area (Å²) >= 11 is 0. The van der Waals surface area contributed by atoms with Crippen LogP contribution < -0.4 is 0 Å². The largest absolute Gasteiger partial charge is 0.0646 e. The molecule has 0 aliphatic heterocycles. The third-order valence-corrected chi connectivity index (χ3v) is 5.16. The fourth-order valence-corrected chi connectivity index (χ4v) is 2.84. The van der Waals surface area contributed by atoms with Crippen LogP contribution in [-0.2, 0) is 10.8 Å². The molecule has 0 N–H and O–H groups in total. The molecule has 1 rings (SSSR count). The van der Waals surface area contributed by atoms with Gasteiger partial charge in [0.25, 0.3) is 0 Å². The summed E-state index contributed by atoms with van der Waals surface area (Å²) in [5, 5.41) is 0. The van der Waals surface area contributed by atoms with Crippen LogP contribution in [0, 0.1) is 6.92 Å². The smallest absolute Gasteiger partial charge is 0.00778 e. The molecule has 0 saturated carbocycles. The summed E-state index contributed by atoms with van der Waals surface area (Å²) in [7, 11) is 0. The van der Waals surface area contributed by atoms with Gasteiger partial charge in [-0.05, 0) is 53.7 Å². The first-order chi connectivity index (χ1) is 8.32. The van der Waals surface area contributed by atoms with E-state index in [2.05, 4.69) is 66.7 Å². The first-order valence-corrected chi connectivity index (χ1v) is 7.43. The summed E-state index contributed by atoms with van der Waals surface area (Å²) in [6.45, 7) is 16.3. The highest BCUT2D eigenvalue weighted by atomic mass is 14.3. The van der Waals surface area contributed by atoms with Crippen molar-refractivity contribution >= 4 is 0 Å². The van der Waals surface area contributed by atoms with Gasteiger partial charge in [0, 0.05) is 0 Å². The second-order valence-corrected chi connectivity index (χ2v) is 6.48. The van der Waals surface area contributed by atoms with E-state index in [1.54, 1.807) is 5.56 Å². The van der Waals surface area contributed by atoms with E-state index in [0.717, 1.165) is 0 Å². The quantitative estimate of drug-likeness (QED) is 0.619. The molecule has 0 bridgehead atoms. The molecule has 0 amide bonds. The molecule has 0 aromatic heterocycles. The average Bonchev–Trinajstić information content (AvgIpc) is 2.38. The van der Waals surface area contributed by atoms with Gasteiger partial charge in [0.2, 0.25) is 0 Å². The molecule has 1 aromatic rings. The number of benzene rings is 1. The van der Waals surface area contributed by atoms with E-state index in [4.69, 9.17) is 0 Å². The second kappa shape index (κ2) is 5.47. The molecule has 0 heterocycles. The lowest BCUT2D eigenvalue weighted by molar-refractivity contribution is 0.432. The normalized spacial score (nSPS) is 12.8. The second-order valence-electron chi connectivity index (χ2n) is 6.48. The average molecular weight is 246 g/mol. The molecule has 18 heavy (non-hydrogen) atoms. The zero-order valence-corrected chi connectivity index (χ0v) is 13.4. The predicted octanol–water partition coefficient (Wildman–Crippen LogP) is 5.76. The summed E-state index contributed by atoms with van der Waals surface area (Å²) in [6, 6.07) is 6.89. The van der Waals surface area contributed by atoms with Crippen LogP contribution in [0.5, 0.6) is 0 Å². The SMILES string of the molecule is CCC(C)(C)c1cccc(C(C)(CC)CC)c1C. The van der Waals surface area contributed by atoms with Crippen LogP contribution in [0.1, 0.15) is 77.5 Å². The Morgan fingerprint density at radius 1 is 0.833 bits per heavy atom. The Balaban J connectivity index is 3.38. The lowest BCUT2D eigenvalue weighted by Gasteiger charge is -2.33. The Morgan fingerprint density at radius 3 is 1.78 bits per heavy atom. The summed E-state index contributed by atoms with van der Waals surface area (Å²) in [5.41, 5.74) is 5.18. The molecular weight excluding hydrogens is 216 g/mol. The van der Waals surface area contributed by atoms with E-state index in [1.165, 1.54) is 30.4 Å². The van der Waals surface area contributed by atoms with Gasteiger partial charge in [0.05, 0.1) is 0 Å². The predicted molar refractivity (Wildman–Crippen MR) is 82.4 cm³/mol. The standard InChI is InChI=1S/C18H30/c1-8-17(5,6)15-12-11-13-16(14(15)4)18(7,9-2)10-3/h11-13H,8-10H2,1-7H3. The molecule has 0 aliphatic carbocycles. The third kappa shape index (κ3) is 2.63. The van der Waals surface area contributed by atoms with Crippen molar-refractivity contribution in [2.24, 2.45) is 0 Å². The van der Waals surface area contributed by atoms with Crippen LogP contribution in [0.3, 0.4) is 0 Å². The van der Waals surface area contributed by atoms with Gasteiger partial charge in [0.15, 0.2) is 0 Å². The number of hydrogen-bond donors (Lipinski definition) is 0. The Bertz CT molecular complexity index is 394. The number of rotatable bonds is 5.